The molecule has 0 atom stereocenters. The maximum atomic E-state index is 5.84. The second-order valence-electron chi connectivity index (χ2n) is 3.59. The Morgan fingerprint density at radius 2 is 2.13 bits per heavy atom. The lowest BCUT2D eigenvalue weighted by Gasteiger charge is -2.10. The average Bonchev–Trinajstić information content (AvgIpc) is 2.26. The first-order chi connectivity index (χ1) is 7.27. The number of anilines is 2. The van der Waals surface area contributed by atoms with Crippen molar-refractivity contribution in [1.29, 1.82) is 0 Å². The van der Waals surface area contributed by atoms with Crippen LogP contribution in [0.15, 0.2) is 18.2 Å². The summed E-state index contributed by atoms with van der Waals surface area (Å²) in [6, 6.07) is 5.66. The van der Waals surface area contributed by atoms with Gasteiger partial charge in [-0.3, -0.25) is 0 Å². The highest BCUT2D eigenvalue weighted by molar-refractivity contribution is 5.68. The molecule has 0 radical (unpaired) electrons. The zero-order valence-corrected chi connectivity index (χ0v) is 9.55. The van der Waals surface area contributed by atoms with E-state index in [-0.39, 0.29) is 0 Å². The van der Waals surface area contributed by atoms with Gasteiger partial charge in [0.2, 0.25) is 0 Å². The molecule has 1 aromatic carbocycles. The largest absolute Gasteiger partial charge is 0.497 e. The molecular weight excluding hydrogens is 188 g/mol. The van der Waals surface area contributed by atoms with Crippen molar-refractivity contribution >= 4 is 11.4 Å². The van der Waals surface area contributed by atoms with Crippen LogP contribution < -0.4 is 15.8 Å². The van der Waals surface area contributed by atoms with Crippen LogP contribution in [0.2, 0.25) is 0 Å². The van der Waals surface area contributed by atoms with Gasteiger partial charge in [0.15, 0.2) is 0 Å². The Hall–Kier alpha value is -1.38. The highest BCUT2D eigenvalue weighted by Crippen LogP contribution is 2.24. The second kappa shape index (κ2) is 6.17. The van der Waals surface area contributed by atoms with Gasteiger partial charge in [0.05, 0.1) is 18.5 Å². The summed E-state index contributed by atoms with van der Waals surface area (Å²) in [7, 11) is 1.66. The Bertz CT molecular complexity index is 300. The Morgan fingerprint density at radius 3 is 2.80 bits per heavy atom. The van der Waals surface area contributed by atoms with E-state index in [2.05, 4.69) is 12.2 Å². The normalized spacial score (nSPS) is 10.0. The van der Waals surface area contributed by atoms with Crippen molar-refractivity contribution in [3.05, 3.63) is 18.2 Å². The number of ether oxygens (including phenoxy) is 1. The Balaban J connectivity index is 2.51. The number of nitrogen functional groups attached to an aromatic ring is 1. The summed E-state index contributed by atoms with van der Waals surface area (Å²) in [5.74, 6) is 0.835. The summed E-state index contributed by atoms with van der Waals surface area (Å²) in [5, 5.41) is 3.32. The number of nitrogens with two attached hydrogens (primary N) is 1. The monoisotopic (exact) mass is 208 g/mol. The van der Waals surface area contributed by atoms with E-state index < -0.39 is 0 Å². The molecule has 0 aliphatic carbocycles. The molecule has 1 rings (SSSR count). The molecule has 3 N–H and O–H groups in total. The van der Waals surface area contributed by atoms with Gasteiger partial charge in [0, 0.05) is 12.6 Å². The van der Waals surface area contributed by atoms with Crippen molar-refractivity contribution in [1.82, 2.24) is 0 Å². The van der Waals surface area contributed by atoms with E-state index >= 15 is 0 Å². The molecule has 84 valence electrons. The molecule has 0 fully saturated rings. The molecule has 0 unspecified atom stereocenters. The Kier molecular flexibility index (Phi) is 4.81. The smallest absolute Gasteiger partial charge is 0.121 e. The van der Waals surface area contributed by atoms with E-state index in [1.807, 2.05) is 18.2 Å². The van der Waals surface area contributed by atoms with E-state index in [9.17, 15) is 0 Å². The molecule has 0 aliphatic heterocycles. The van der Waals surface area contributed by atoms with Gasteiger partial charge in [0.1, 0.15) is 5.75 Å². The maximum Gasteiger partial charge on any atom is 0.121 e. The summed E-state index contributed by atoms with van der Waals surface area (Å²) in [6.45, 7) is 3.16. The lowest BCUT2D eigenvalue weighted by atomic mass is 10.2. The van der Waals surface area contributed by atoms with E-state index in [4.69, 9.17) is 10.5 Å². The molecule has 0 aliphatic rings. The van der Waals surface area contributed by atoms with Crippen LogP contribution in [0.1, 0.15) is 26.2 Å². The van der Waals surface area contributed by atoms with Crippen LogP contribution in [0.3, 0.4) is 0 Å². The number of benzene rings is 1. The summed E-state index contributed by atoms with van der Waals surface area (Å²) < 4.78 is 5.14. The molecule has 0 amide bonds. The summed E-state index contributed by atoms with van der Waals surface area (Å²) in [4.78, 5) is 0. The van der Waals surface area contributed by atoms with E-state index in [0.29, 0.717) is 0 Å². The van der Waals surface area contributed by atoms with E-state index in [1.54, 1.807) is 7.11 Å². The quantitative estimate of drug-likeness (QED) is 0.558. The molecule has 0 aromatic heterocycles. The van der Waals surface area contributed by atoms with Gasteiger partial charge >= 0.3 is 0 Å². The molecule has 1 aromatic rings. The highest BCUT2D eigenvalue weighted by Gasteiger charge is 2.00. The molecule has 0 saturated heterocycles. The SMILES string of the molecule is CCCCCNc1cc(OC)ccc1N. The minimum atomic E-state index is 0.771. The summed E-state index contributed by atoms with van der Waals surface area (Å²) in [6.07, 6.45) is 3.65. The predicted molar refractivity (Wildman–Crippen MR) is 65.4 cm³/mol. The molecule has 3 nitrogen and oxygen atoms in total. The van der Waals surface area contributed by atoms with Gasteiger partial charge in [-0.15, -0.1) is 0 Å². The van der Waals surface area contributed by atoms with Gasteiger partial charge in [-0.1, -0.05) is 19.8 Å². The lowest BCUT2D eigenvalue weighted by Crippen LogP contribution is -2.04. The third-order valence-electron chi connectivity index (χ3n) is 2.36. The van der Waals surface area contributed by atoms with Gasteiger partial charge < -0.3 is 15.8 Å². The summed E-state index contributed by atoms with van der Waals surface area (Å²) >= 11 is 0. The number of hydrogen-bond donors (Lipinski definition) is 2. The first kappa shape index (κ1) is 11.7. The molecule has 0 bridgehead atoms. The molecule has 0 saturated carbocycles. The molecule has 3 heteroatoms. The van der Waals surface area contributed by atoms with Gasteiger partial charge in [-0.05, 0) is 18.6 Å². The standard InChI is InChI=1S/C12H20N2O/c1-3-4-5-8-14-12-9-10(15-2)6-7-11(12)13/h6-7,9,14H,3-5,8,13H2,1-2H3. The van der Waals surface area contributed by atoms with Crippen LogP contribution in [0.25, 0.3) is 0 Å². The van der Waals surface area contributed by atoms with Crippen LogP contribution in [-0.2, 0) is 0 Å². The minimum Gasteiger partial charge on any atom is -0.497 e. The fraction of sp³-hybridized carbons (Fsp3) is 0.500. The van der Waals surface area contributed by atoms with Crippen molar-refractivity contribution in [3.63, 3.8) is 0 Å². The number of rotatable bonds is 6. The number of unbranched alkanes of at least 4 members (excludes halogenated alkanes) is 2. The molecule has 0 heterocycles. The van der Waals surface area contributed by atoms with Crippen molar-refractivity contribution in [2.75, 3.05) is 24.7 Å². The molecule has 0 spiro atoms. The first-order valence-corrected chi connectivity index (χ1v) is 5.45. The van der Waals surface area contributed by atoms with Crippen LogP contribution in [0, 0.1) is 0 Å². The summed E-state index contributed by atoms with van der Waals surface area (Å²) in [5.41, 5.74) is 7.57. The fourth-order valence-electron chi connectivity index (χ4n) is 1.41. The van der Waals surface area contributed by atoms with E-state index in [0.717, 1.165) is 23.7 Å². The average molecular weight is 208 g/mol. The lowest BCUT2D eigenvalue weighted by molar-refractivity contribution is 0.415. The van der Waals surface area contributed by atoms with Crippen molar-refractivity contribution in [2.45, 2.75) is 26.2 Å². The zero-order chi connectivity index (χ0) is 11.1. The van der Waals surface area contributed by atoms with Gasteiger partial charge in [-0.25, -0.2) is 0 Å². The van der Waals surface area contributed by atoms with Crippen molar-refractivity contribution < 1.29 is 4.74 Å². The second-order valence-corrected chi connectivity index (χ2v) is 3.59. The molecule has 15 heavy (non-hydrogen) atoms. The molecular formula is C12H20N2O. The zero-order valence-electron chi connectivity index (χ0n) is 9.55. The fourth-order valence-corrected chi connectivity index (χ4v) is 1.41. The third kappa shape index (κ3) is 3.70. The maximum absolute atomic E-state index is 5.84. The van der Waals surface area contributed by atoms with Crippen LogP contribution >= 0.6 is 0 Å². The third-order valence-corrected chi connectivity index (χ3v) is 2.36. The van der Waals surface area contributed by atoms with Crippen LogP contribution in [0.4, 0.5) is 11.4 Å². The van der Waals surface area contributed by atoms with Gasteiger partial charge in [0.25, 0.3) is 0 Å². The Morgan fingerprint density at radius 1 is 1.33 bits per heavy atom. The van der Waals surface area contributed by atoms with Gasteiger partial charge in [-0.2, -0.15) is 0 Å². The first-order valence-electron chi connectivity index (χ1n) is 5.45. The van der Waals surface area contributed by atoms with Crippen LogP contribution in [0.5, 0.6) is 5.75 Å². The highest BCUT2D eigenvalue weighted by atomic mass is 16.5. The topological polar surface area (TPSA) is 47.3 Å². The number of methoxy groups -OCH3 is 1. The van der Waals surface area contributed by atoms with Crippen LogP contribution in [-0.4, -0.2) is 13.7 Å². The number of nitrogens with one attached hydrogen (secondary N) is 1. The van der Waals surface area contributed by atoms with Crippen molar-refractivity contribution in [2.24, 2.45) is 0 Å². The predicted octanol–water partition coefficient (Wildman–Crippen LogP) is 2.88. The Labute approximate surface area is 91.6 Å². The minimum absolute atomic E-state index is 0.771. The number of hydrogen-bond acceptors (Lipinski definition) is 3. The van der Waals surface area contributed by atoms with E-state index in [1.165, 1.54) is 19.3 Å². The van der Waals surface area contributed by atoms with Crippen molar-refractivity contribution in [3.8, 4) is 5.75 Å².